The van der Waals surface area contributed by atoms with Gasteiger partial charge in [0.15, 0.2) is 0 Å². The molecule has 17 heavy (non-hydrogen) atoms. The van der Waals surface area contributed by atoms with Gasteiger partial charge in [-0.3, -0.25) is 0 Å². The van der Waals surface area contributed by atoms with E-state index in [1.54, 1.807) is 7.11 Å². The summed E-state index contributed by atoms with van der Waals surface area (Å²) in [5, 5.41) is 3.45. The number of methoxy groups -OCH3 is 1. The van der Waals surface area contributed by atoms with Gasteiger partial charge in [0.1, 0.15) is 5.75 Å². The molecule has 0 fully saturated rings. The van der Waals surface area contributed by atoms with Gasteiger partial charge in [-0.15, -0.1) is 0 Å². The predicted octanol–water partition coefficient (Wildman–Crippen LogP) is 2.08. The molecule has 96 valence electrons. The van der Waals surface area contributed by atoms with Crippen molar-refractivity contribution in [1.29, 1.82) is 0 Å². The van der Waals surface area contributed by atoms with Crippen molar-refractivity contribution < 1.29 is 4.74 Å². The molecule has 0 spiro atoms. The minimum absolute atomic E-state index is 0.638. The van der Waals surface area contributed by atoms with Gasteiger partial charge >= 0.3 is 0 Å². The highest BCUT2D eigenvalue weighted by Gasteiger charge is 2.02. The molecule has 0 aromatic heterocycles. The second-order valence-electron chi connectivity index (χ2n) is 4.62. The lowest BCUT2D eigenvalue weighted by Gasteiger charge is -2.12. The Labute approximate surface area is 104 Å². The Morgan fingerprint density at radius 2 is 2.18 bits per heavy atom. The largest absolute Gasteiger partial charge is 0.496 e. The van der Waals surface area contributed by atoms with Gasteiger partial charge < -0.3 is 15.8 Å². The zero-order valence-corrected chi connectivity index (χ0v) is 11.1. The van der Waals surface area contributed by atoms with Crippen LogP contribution in [0.1, 0.15) is 24.5 Å². The van der Waals surface area contributed by atoms with Gasteiger partial charge in [0.05, 0.1) is 7.11 Å². The van der Waals surface area contributed by atoms with E-state index in [0.29, 0.717) is 5.92 Å². The maximum Gasteiger partial charge on any atom is 0.121 e. The molecule has 1 rings (SSSR count). The summed E-state index contributed by atoms with van der Waals surface area (Å²) >= 11 is 0. The molecule has 0 aliphatic rings. The van der Waals surface area contributed by atoms with Crippen LogP contribution in [-0.2, 0) is 6.54 Å². The van der Waals surface area contributed by atoms with Crippen molar-refractivity contribution in [2.45, 2.75) is 26.8 Å². The van der Waals surface area contributed by atoms with Crippen LogP contribution >= 0.6 is 0 Å². The molecule has 0 heterocycles. The molecule has 0 saturated carbocycles. The van der Waals surface area contributed by atoms with E-state index in [4.69, 9.17) is 10.5 Å². The Morgan fingerprint density at radius 1 is 1.41 bits per heavy atom. The zero-order chi connectivity index (χ0) is 12.7. The Morgan fingerprint density at radius 3 is 2.76 bits per heavy atom. The van der Waals surface area contributed by atoms with Gasteiger partial charge in [0.25, 0.3) is 0 Å². The quantitative estimate of drug-likeness (QED) is 0.762. The number of ether oxygens (including phenoxy) is 1. The molecule has 0 saturated heterocycles. The van der Waals surface area contributed by atoms with Crippen LogP contribution in [0.3, 0.4) is 0 Å². The number of aryl methyl sites for hydroxylation is 1. The van der Waals surface area contributed by atoms with E-state index in [0.717, 1.165) is 31.8 Å². The summed E-state index contributed by atoms with van der Waals surface area (Å²) in [5.41, 5.74) is 8.00. The first-order valence-corrected chi connectivity index (χ1v) is 6.21. The monoisotopic (exact) mass is 236 g/mol. The van der Waals surface area contributed by atoms with Crippen LogP contribution in [0.25, 0.3) is 0 Å². The van der Waals surface area contributed by atoms with Crippen molar-refractivity contribution in [2.75, 3.05) is 20.2 Å². The third-order valence-corrected chi connectivity index (χ3v) is 2.94. The average molecular weight is 236 g/mol. The fourth-order valence-electron chi connectivity index (χ4n) is 1.90. The molecule has 0 aliphatic carbocycles. The summed E-state index contributed by atoms with van der Waals surface area (Å²) in [4.78, 5) is 0. The van der Waals surface area contributed by atoms with Crippen molar-refractivity contribution in [3.05, 3.63) is 29.3 Å². The maximum atomic E-state index is 5.52. The lowest BCUT2D eigenvalue weighted by Crippen LogP contribution is -2.22. The number of nitrogens with one attached hydrogen (secondary N) is 1. The second-order valence-corrected chi connectivity index (χ2v) is 4.62. The smallest absolute Gasteiger partial charge is 0.121 e. The van der Waals surface area contributed by atoms with Crippen molar-refractivity contribution in [3.8, 4) is 5.75 Å². The van der Waals surface area contributed by atoms with E-state index in [1.165, 1.54) is 11.1 Å². The number of hydrogen-bond donors (Lipinski definition) is 2. The summed E-state index contributed by atoms with van der Waals surface area (Å²) in [5.74, 6) is 1.59. The van der Waals surface area contributed by atoms with Crippen LogP contribution in [0, 0.1) is 12.8 Å². The van der Waals surface area contributed by atoms with Gasteiger partial charge in [-0.05, 0) is 49.5 Å². The van der Waals surface area contributed by atoms with Gasteiger partial charge in [0, 0.05) is 6.54 Å². The molecule has 0 amide bonds. The Hall–Kier alpha value is -1.06. The number of nitrogens with two attached hydrogens (primary N) is 1. The van der Waals surface area contributed by atoms with Gasteiger partial charge in [0.2, 0.25) is 0 Å². The molecule has 1 unspecified atom stereocenters. The Bertz CT molecular complexity index is 339. The van der Waals surface area contributed by atoms with E-state index in [9.17, 15) is 0 Å². The van der Waals surface area contributed by atoms with E-state index < -0.39 is 0 Å². The number of hydrogen-bond acceptors (Lipinski definition) is 3. The van der Waals surface area contributed by atoms with Crippen LogP contribution in [-0.4, -0.2) is 20.2 Å². The molecule has 3 nitrogen and oxygen atoms in total. The lowest BCUT2D eigenvalue weighted by atomic mass is 10.1. The van der Waals surface area contributed by atoms with Crippen LogP contribution in [0.15, 0.2) is 18.2 Å². The first kappa shape index (κ1) is 14.0. The van der Waals surface area contributed by atoms with Crippen molar-refractivity contribution >= 4 is 0 Å². The third-order valence-electron chi connectivity index (χ3n) is 2.94. The van der Waals surface area contributed by atoms with Crippen LogP contribution < -0.4 is 15.8 Å². The third kappa shape index (κ3) is 4.75. The minimum atomic E-state index is 0.638. The molecule has 1 atom stereocenters. The van der Waals surface area contributed by atoms with E-state index in [1.807, 2.05) is 6.07 Å². The van der Waals surface area contributed by atoms with Gasteiger partial charge in [-0.25, -0.2) is 0 Å². The Kier molecular flexibility index (Phi) is 6.01. The predicted molar refractivity (Wildman–Crippen MR) is 72.3 cm³/mol. The lowest BCUT2D eigenvalue weighted by molar-refractivity contribution is 0.411. The number of benzene rings is 1. The van der Waals surface area contributed by atoms with E-state index in [-0.39, 0.29) is 0 Å². The Balaban J connectivity index is 2.39. The first-order valence-electron chi connectivity index (χ1n) is 6.21. The first-order chi connectivity index (χ1) is 8.17. The fourth-order valence-corrected chi connectivity index (χ4v) is 1.90. The molecule has 3 N–H and O–H groups in total. The standard InChI is InChI=1S/C14H24N2O/c1-11(6-7-15)9-16-10-13-4-5-14(17-3)12(2)8-13/h4-5,8,11,16H,6-7,9-10,15H2,1-3H3. The van der Waals surface area contributed by atoms with Gasteiger partial charge in [-0.2, -0.15) is 0 Å². The highest BCUT2D eigenvalue weighted by atomic mass is 16.5. The topological polar surface area (TPSA) is 47.3 Å². The summed E-state index contributed by atoms with van der Waals surface area (Å²) in [6.07, 6.45) is 1.08. The summed E-state index contributed by atoms with van der Waals surface area (Å²) in [7, 11) is 1.70. The van der Waals surface area contributed by atoms with Crippen LogP contribution in [0.4, 0.5) is 0 Å². The maximum absolute atomic E-state index is 5.52. The van der Waals surface area contributed by atoms with Crippen LogP contribution in [0.2, 0.25) is 0 Å². The molecule has 0 bridgehead atoms. The molecule has 0 radical (unpaired) electrons. The number of rotatable bonds is 7. The van der Waals surface area contributed by atoms with Crippen molar-refractivity contribution in [2.24, 2.45) is 11.7 Å². The molecule has 1 aromatic carbocycles. The van der Waals surface area contributed by atoms with Gasteiger partial charge in [-0.1, -0.05) is 19.1 Å². The second kappa shape index (κ2) is 7.30. The van der Waals surface area contributed by atoms with Crippen molar-refractivity contribution in [1.82, 2.24) is 5.32 Å². The highest BCUT2D eigenvalue weighted by molar-refractivity contribution is 5.36. The van der Waals surface area contributed by atoms with Crippen LogP contribution in [0.5, 0.6) is 5.75 Å². The summed E-state index contributed by atoms with van der Waals surface area (Å²) in [6, 6.07) is 6.29. The SMILES string of the molecule is COc1ccc(CNCC(C)CCN)cc1C. The molecular formula is C14H24N2O. The average Bonchev–Trinajstić information content (AvgIpc) is 2.29. The van der Waals surface area contributed by atoms with E-state index >= 15 is 0 Å². The van der Waals surface area contributed by atoms with E-state index in [2.05, 4.69) is 31.3 Å². The molecule has 0 aliphatic heterocycles. The summed E-state index contributed by atoms with van der Waals surface area (Å²) in [6.45, 7) is 6.98. The summed E-state index contributed by atoms with van der Waals surface area (Å²) < 4.78 is 5.24. The van der Waals surface area contributed by atoms with Crippen molar-refractivity contribution in [3.63, 3.8) is 0 Å². The molecule has 3 heteroatoms. The molecule has 1 aromatic rings. The zero-order valence-electron chi connectivity index (χ0n) is 11.1. The normalized spacial score (nSPS) is 12.5. The minimum Gasteiger partial charge on any atom is -0.496 e. The fraction of sp³-hybridized carbons (Fsp3) is 0.571. The molecular weight excluding hydrogens is 212 g/mol. The highest BCUT2D eigenvalue weighted by Crippen LogP contribution is 2.18.